The topological polar surface area (TPSA) is 59.5 Å². The molecule has 0 aliphatic carbocycles. The first-order chi connectivity index (χ1) is 9.15. The normalized spacial score (nSPS) is 10.7. The molecule has 2 heterocycles. The molecule has 0 atom stereocenters. The van der Waals surface area contributed by atoms with Crippen molar-refractivity contribution in [2.75, 3.05) is 13.6 Å². The van der Waals surface area contributed by atoms with E-state index in [0.717, 1.165) is 19.4 Å². The first-order valence-electron chi connectivity index (χ1n) is 6.40. The van der Waals surface area contributed by atoms with Gasteiger partial charge in [-0.1, -0.05) is 18.5 Å². The summed E-state index contributed by atoms with van der Waals surface area (Å²) in [5.41, 5.74) is 0.949. The molecule has 0 spiro atoms. The summed E-state index contributed by atoms with van der Waals surface area (Å²) in [6, 6.07) is 3.52. The number of hydrogen-bond donors (Lipinski definition) is 0. The van der Waals surface area contributed by atoms with Gasteiger partial charge >= 0.3 is 0 Å². The summed E-state index contributed by atoms with van der Waals surface area (Å²) in [7, 11) is 1.79. The Morgan fingerprint density at radius 1 is 1.47 bits per heavy atom. The Labute approximate surface area is 112 Å². The number of amides is 1. The van der Waals surface area contributed by atoms with Gasteiger partial charge in [-0.25, -0.2) is 0 Å². The van der Waals surface area contributed by atoms with Crippen LogP contribution in [-0.2, 0) is 0 Å². The molecule has 0 unspecified atom stereocenters. The van der Waals surface area contributed by atoms with Gasteiger partial charge in [-0.05, 0) is 25.5 Å². The number of unbranched alkanes of at least 4 members (excludes halogenated alkanes) is 1. The van der Waals surface area contributed by atoms with Gasteiger partial charge < -0.3 is 13.8 Å². The van der Waals surface area contributed by atoms with Gasteiger partial charge in [0.2, 0.25) is 0 Å². The first kappa shape index (κ1) is 13.4. The molecule has 2 rings (SSSR count). The summed E-state index contributed by atoms with van der Waals surface area (Å²) in [5.74, 6) is 0.974. The second kappa shape index (κ2) is 5.73. The fraction of sp³-hybridized carbons (Fsp3) is 0.429. The number of carbonyl (C=O) groups excluding carboxylic acids is 1. The molecule has 5 nitrogen and oxygen atoms in total. The quantitative estimate of drug-likeness (QED) is 0.830. The average molecular weight is 262 g/mol. The van der Waals surface area contributed by atoms with E-state index in [2.05, 4.69) is 12.1 Å². The number of aromatic nitrogens is 1. The highest BCUT2D eigenvalue weighted by Crippen LogP contribution is 2.26. The van der Waals surface area contributed by atoms with Crippen LogP contribution in [0.25, 0.3) is 11.5 Å². The van der Waals surface area contributed by atoms with Crippen LogP contribution in [0, 0.1) is 6.92 Å². The van der Waals surface area contributed by atoms with Crippen molar-refractivity contribution >= 4 is 5.91 Å². The van der Waals surface area contributed by atoms with Crippen molar-refractivity contribution < 1.29 is 13.7 Å². The van der Waals surface area contributed by atoms with E-state index in [0.29, 0.717) is 22.8 Å². The van der Waals surface area contributed by atoms with Crippen LogP contribution >= 0.6 is 0 Å². The van der Waals surface area contributed by atoms with Gasteiger partial charge in [-0.15, -0.1) is 0 Å². The number of furan rings is 1. The SMILES string of the molecule is CCCCN(C)C(=O)c1c(-c2ccco2)noc1C. The van der Waals surface area contributed by atoms with Crippen LogP contribution in [0.4, 0.5) is 0 Å². The summed E-state index contributed by atoms with van der Waals surface area (Å²) < 4.78 is 10.4. The smallest absolute Gasteiger partial charge is 0.259 e. The molecule has 0 radical (unpaired) electrons. The largest absolute Gasteiger partial charge is 0.463 e. The molecule has 19 heavy (non-hydrogen) atoms. The maximum Gasteiger partial charge on any atom is 0.259 e. The van der Waals surface area contributed by atoms with E-state index in [1.807, 2.05) is 0 Å². The summed E-state index contributed by atoms with van der Waals surface area (Å²) in [5, 5.41) is 3.93. The third-order valence-electron chi connectivity index (χ3n) is 3.02. The van der Waals surface area contributed by atoms with Crippen LogP contribution in [-0.4, -0.2) is 29.6 Å². The Balaban J connectivity index is 2.29. The molecule has 0 saturated carbocycles. The highest BCUT2D eigenvalue weighted by atomic mass is 16.5. The van der Waals surface area contributed by atoms with E-state index in [4.69, 9.17) is 8.94 Å². The standard InChI is InChI=1S/C14H18N2O3/c1-4-5-8-16(3)14(17)12-10(2)19-15-13(12)11-7-6-9-18-11/h6-7,9H,4-5,8H2,1-3H3. The van der Waals surface area contributed by atoms with Gasteiger partial charge in [0.25, 0.3) is 5.91 Å². The molecule has 0 N–H and O–H groups in total. The van der Waals surface area contributed by atoms with E-state index in [-0.39, 0.29) is 5.91 Å². The van der Waals surface area contributed by atoms with Crippen LogP contribution in [0.5, 0.6) is 0 Å². The number of hydrogen-bond acceptors (Lipinski definition) is 4. The predicted octanol–water partition coefficient (Wildman–Crippen LogP) is 3.12. The number of nitrogens with zero attached hydrogens (tertiary/aromatic N) is 2. The van der Waals surface area contributed by atoms with Crippen molar-refractivity contribution in [1.29, 1.82) is 0 Å². The highest BCUT2D eigenvalue weighted by molar-refractivity contribution is 6.00. The first-order valence-corrected chi connectivity index (χ1v) is 6.40. The van der Waals surface area contributed by atoms with E-state index in [9.17, 15) is 4.79 Å². The maximum absolute atomic E-state index is 12.4. The van der Waals surface area contributed by atoms with Crippen molar-refractivity contribution in [2.45, 2.75) is 26.7 Å². The summed E-state index contributed by atoms with van der Waals surface area (Å²) in [6.07, 6.45) is 3.57. The lowest BCUT2D eigenvalue weighted by Crippen LogP contribution is -2.28. The van der Waals surface area contributed by atoms with Gasteiger partial charge in [-0.3, -0.25) is 4.79 Å². The van der Waals surface area contributed by atoms with Crippen LogP contribution in [0.15, 0.2) is 27.3 Å². The van der Waals surface area contributed by atoms with Crippen molar-refractivity contribution in [2.24, 2.45) is 0 Å². The predicted molar refractivity (Wildman–Crippen MR) is 70.8 cm³/mol. The monoisotopic (exact) mass is 262 g/mol. The lowest BCUT2D eigenvalue weighted by atomic mass is 10.1. The van der Waals surface area contributed by atoms with Gasteiger partial charge in [0.05, 0.1) is 6.26 Å². The van der Waals surface area contributed by atoms with Gasteiger partial charge in [-0.2, -0.15) is 0 Å². The maximum atomic E-state index is 12.4. The number of aryl methyl sites for hydroxylation is 1. The fourth-order valence-corrected chi connectivity index (χ4v) is 1.89. The van der Waals surface area contributed by atoms with Crippen LogP contribution in [0.1, 0.15) is 35.9 Å². The second-order valence-electron chi connectivity index (χ2n) is 4.52. The van der Waals surface area contributed by atoms with E-state index >= 15 is 0 Å². The minimum absolute atomic E-state index is 0.0846. The third kappa shape index (κ3) is 2.70. The van der Waals surface area contributed by atoms with Gasteiger partial charge in [0.1, 0.15) is 11.3 Å². The fourth-order valence-electron chi connectivity index (χ4n) is 1.89. The zero-order chi connectivity index (χ0) is 13.8. The number of rotatable bonds is 5. The molecule has 0 aliphatic rings. The van der Waals surface area contributed by atoms with Crippen molar-refractivity contribution in [3.05, 3.63) is 29.7 Å². The molecule has 0 aromatic carbocycles. The molecule has 102 valence electrons. The van der Waals surface area contributed by atoms with Gasteiger partial charge in [0.15, 0.2) is 11.5 Å². The van der Waals surface area contributed by atoms with Crippen LogP contribution in [0.2, 0.25) is 0 Å². The molecule has 1 amide bonds. The Morgan fingerprint density at radius 2 is 2.26 bits per heavy atom. The molecular formula is C14H18N2O3. The lowest BCUT2D eigenvalue weighted by molar-refractivity contribution is 0.0792. The molecule has 0 bridgehead atoms. The molecule has 0 aliphatic heterocycles. The Bertz CT molecular complexity index is 543. The summed E-state index contributed by atoms with van der Waals surface area (Å²) >= 11 is 0. The lowest BCUT2D eigenvalue weighted by Gasteiger charge is -2.16. The molecular weight excluding hydrogens is 244 g/mol. The molecule has 5 heteroatoms. The summed E-state index contributed by atoms with van der Waals surface area (Å²) in [4.78, 5) is 14.1. The van der Waals surface area contributed by atoms with Crippen molar-refractivity contribution in [3.8, 4) is 11.5 Å². The van der Waals surface area contributed by atoms with Crippen LogP contribution < -0.4 is 0 Å². The van der Waals surface area contributed by atoms with Crippen molar-refractivity contribution in [3.63, 3.8) is 0 Å². The average Bonchev–Trinajstić information content (AvgIpc) is 3.03. The number of carbonyl (C=O) groups is 1. The molecule has 0 saturated heterocycles. The van der Waals surface area contributed by atoms with Gasteiger partial charge in [0, 0.05) is 13.6 Å². The molecule has 0 fully saturated rings. The molecule has 2 aromatic rings. The highest BCUT2D eigenvalue weighted by Gasteiger charge is 2.25. The van der Waals surface area contributed by atoms with E-state index in [1.54, 1.807) is 37.3 Å². The zero-order valence-electron chi connectivity index (χ0n) is 11.5. The second-order valence-corrected chi connectivity index (χ2v) is 4.52. The Morgan fingerprint density at radius 3 is 2.89 bits per heavy atom. The zero-order valence-corrected chi connectivity index (χ0v) is 11.5. The van der Waals surface area contributed by atoms with Crippen LogP contribution in [0.3, 0.4) is 0 Å². The molecule has 2 aromatic heterocycles. The third-order valence-corrected chi connectivity index (χ3v) is 3.02. The minimum Gasteiger partial charge on any atom is -0.463 e. The summed E-state index contributed by atoms with van der Waals surface area (Å²) in [6.45, 7) is 4.55. The Kier molecular flexibility index (Phi) is 4.04. The minimum atomic E-state index is -0.0846. The van der Waals surface area contributed by atoms with E-state index in [1.165, 1.54) is 0 Å². The Hall–Kier alpha value is -2.04. The van der Waals surface area contributed by atoms with Crippen molar-refractivity contribution in [1.82, 2.24) is 10.1 Å². The van der Waals surface area contributed by atoms with E-state index < -0.39 is 0 Å².